The number of aryl methyl sites for hydroxylation is 1. The molecule has 0 atom stereocenters. The van der Waals surface area contributed by atoms with Crippen molar-refractivity contribution in [2.45, 2.75) is 13.5 Å². The summed E-state index contributed by atoms with van der Waals surface area (Å²) in [5.74, 6) is 0. The van der Waals surface area contributed by atoms with Crippen LogP contribution in [0.4, 0.5) is 5.69 Å². The number of benzene rings is 1. The molecular weight excluding hydrogens is 298 g/mol. The smallest absolute Gasteiger partial charge is 0.101 e. The van der Waals surface area contributed by atoms with Gasteiger partial charge in [0.25, 0.3) is 0 Å². The first kappa shape index (κ1) is 12.1. The Morgan fingerprint density at radius 1 is 1.53 bits per heavy atom. The molecule has 3 nitrogen and oxygen atoms in total. The monoisotopic (exact) mass is 307 g/mol. The van der Waals surface area contributed by atoms with Crippen LogP contribution in [0.25, 0.3) is 0 Å². The van der Waals surface area contributed by atoms with Gasteiger partial charge in [-0.3, -0.25) is 0 Å². The van der Waals surface area contributed by atoms with E-state index in [0.29, 0.717) is 12.1 Å². The minimum Gasteiger partial charge on any atom is -0.378 e. The van der Waals surface area contributed by atoms with Crippen LogP contribution in [0.1, 0.15) is 16.3 Å². The number of rotatable bonds is 3. The predicted octanol–water partition coefficient (Wildman–Crippen LogP) is 3.70. The standard InChI is InChI=1S/C12H10BrN3S/c1-8-16-11(7-17-8)6-15-12-3-2-10(13)4-9(12)5-14/h2-4,7,15H,6H2,1H3. The Hall–Kier alpha value is -1.38. The first-order valence-corrected chi connectivity index (χ1v) is 6.71. The highest BCUT2D eigenvalue weighted by atomic mass is 79.9. The number of aromatic nitrogens is 1. The summed E-state index contributed by atoms with van der Waals surface area (Å²) in [6, 6.07) is 7.77. The van der Waals surface area contributed by atoms with Crippen LogP contribution in [0.2, 0.25) is 0 Å². The van der Waals surface area contributed by atoms with E-state index in [9.17, 15) is 0 Å². The molecule has 0 saturated heterocycles. The molecular formula is C12H10BrN3S. The fraction of sp³-hybridized carbons (Fsp3) is 0.167. The summed E-state index contributed by atoms with van der Waals surface area (Å²) < 4.78 is 0.907. The molecule has 0 radical (unpaired) electrons. The number of nitriles is 1. The van der Waals surface area contributed by atoms with Crippen molar-refractivity contribution in [2.24, 2.45) is 0 Å². The van der Waals surface area contributed by atoms with E-state index in [1.807, 2.05) is 24.4 Å². The van der Waals surface area contributed by atoms with Crippen LogP contribution in [0.5, 0.6) is 0 Å². The van der Waals surface area contributed by atoms with Gasteiger partial charge < -0.3 is 5.32 Å². The molecule has 0 saturated carbocycles. The van der Waals surface area contributed by atoms with Gasteiger partial charge in [0.2, 0.25) is 0 Å². The third-order valence-corrected chi connectivity index (χ3v) is 3.54. The van der Waals surface area contributed by atoms with Crippen molar-refractivity contribution < 1.29 is 0 Å². The zero-order valence-corrected chi connectivity index (χ0v) is 11.6. The highest BCUT2D eigenvalue weighted by molar-refractivity contribution is 9.10. The Morgan fingerprint density at radius 3 is 3.00 bits per heavy atom. The van der Waals surface area contributed by atoms with Crippen LogP contribution >= 0.6 is 27.3 Å². The normalized spacial score (nSPS) is 9.94. The highest BCUT2D eigenvalue weighted by Gasteiger charge is 2.03. The Bertz CT molecular complexity index is 571. The zero-order chi connectivity index (χ0) is 12.3. The van der Waals surface area contributed by atoms with E-state index in [2.05, 4.69) is 32.3 Å². The van der Waals surface area contributed by atoms with Gasteiger partial charge in [-0.1, -0.05) is 15.9 Å². The number of anilines is 1. The van der Waals surface area contributed by atoms with Crippen molar-refractivity contribution in [1.82, 2.24) is 4.98 Å². The fourth-order valence-corrected chi connectivity index (χ4v) is 2.41. The summed E-state index contributed by atoms with van der Waals surface area (Å²) in [5.41, 5.74) is 2.46. The average Bonchev–Trinajstić information content (AvgIpc) is 2.73. The van der Waals surface area contributed by atoms with Gasteiger partial charge in [0.15, 0.2) is 0 Å². The number of nitrogens with one attached hydrogen (secondary N) is 1. The molecule has 0 fully saturated rings. The summed E-state index contributed by atoms with van der Waals surface area (Å²) in [6.45, 7) is 2.62. The second kappa shape index (κ2) is 5.30. The molecule has 86 valence electrons. The number of hydrogen-bond acceptors (Lipinski definition) is 4. The quantitative estimate of drug-likeness (QED) is 0.940. The second-order valence-corrected chi connectivity index (χ2v) is 5.49. The summed E-state index contributed by atoms with van der Waals surface area (Å²) >= 11 is 4.98. The first-order valence-electron chi connectivity index (χ1n) is 5.03. The molecule has 1 N–H and O–H groups in total. The molecule has 0 aliphatic rings. The Morgan fingerprint density at radius 2 is 2.35 bits per heavy atom. The number of nitrogens with zero attached hydrogens (tertiary/aromatic N) is 2. The Labute approximate surface area is 112 Å². The molecule has 1 aromatic heterocycles. The van der Waals surface area contributed by atoms with Gasteiger partial charge in [0.05, 0.1) is 28.5 Å². The summed E-state index contributed by atoms with van der Waals surface area (Å²) in [4.78, 5) is 4.36. The minimum absolute atomic E-state index is 0.631. The fourth-order valence-electron chi connectivity index (χ4n) is 1.44. The van der Waals surface area contributed by atoms with Crippen LogP contribution in [-0.2, 0) is 6.54 Å². The molecule has 0 spiro atoms. The van der Waals surface area contributed by atoms with E-state index in [4.69, 9.17) is 5.26 Å². The SMILES string of the molecule is Cc1nc(CNc2ccc(Br)cc2C#N)cs1. The molecule has 0 bridgehead atoms. The van der Waals surface area contributed by atoms with Crippen LogP contribution in [-0.4, -0.2) is 4.98 Å². The van der Waals surface area contributed by atoms with Crippen molar-refractivity contribution in [2.75, 3.05) is 5.32 Å². The predicted molar refractivity (Wildman–Crippen MR) is 73.0 cm³/mol. The lowest BCUT2D eigenvalue weighted by atomic mass is 10.2. The average molecular weight is 308 g/mol. The molecule has 0 unspecified atom stereocenters. The van der Waals surface area contributed by atoms with E-state index in [1.165, 1.54) is 0 Å². The molecule has 2 rings (SSSR count). The van der Waals surface area contributed by atoms with E-state index in [0.717, 1.165) is 20.9 Å². The third-order valence-electron chi connectivity index (χ3n) is 2.23. The molecule has 0 aliphatic carbocycles. The molecule has 17 heavy (non-hydrogen) atoms. The van der Waals surface area contributed by atoms with Crippen LogP contribution < -0.4 is 5.32 Å². The van der Waals surface area contributed by atoms with E-state index in [1.54, 1.807) is 17.4 Å². The van der Waals surface area contributed by atoms with Gasteiger partial charge in [0.1, 0.15) is 6.07 Å². The minimum atomic E-state index is 0.631. The molecule has 2 aromatic rings. The van der Waals surface area contributed by atoms with Crippen LogP contribution in [0.3, 0.4) is 0 Å². The molecule has 0 amide bonds. The summed E-state index contributed by atoms with van der Waals surface area (Å²) in [7, 11) is 0. The van der Waals surface area contributed by atoms with Crippen molar-refractivity contribution in [1.29, 1.82) is 5.26 Å². The molecule has 0 aliphatic heterocycles. The second-order valence-electron chi connectivity index (χ2n) is 3.51. The van der Waals surface area contributed by atoms with Crippen LogP contribution in [0.15, 0.2) is 28.1 Å². The van der Waals surface area contributed by atoms with Crippen molar-refractivity contribution in [3.8, 4) is 6.07 Å². The molecule has 1 aromatic carbocycles. The van der Waals surface area contributed by atoms with Gasteiger partial charge in [-0.25, -0.2) is 4.98 Å². The van der Waals surface area contributed by atoms with E-state index in [-0.39, 0.29) is 0 Å². The van der Waals surface area contributed by atoms with Crippen molar-refractivity contribution in [3.63, 3.8) is 0 Å². The number of thiazole rings is 1. The largest absolute Gasteiger partial charge is 0.378 e. The topological polar surface area (TPSA) is 48.7 Å². The van der Waals surface area contributed by atoms with Crippen molar-refractivity contribution >= 4 is 33.0 Å². The molecule has 5 heteroatoms. The zero-order valence-electron chi connectivity index (χ0n) is 9.20. The Balaban J connectivity index is 2.12. The van der Waals surface area contributed by atoms with Gasteiger partial charge >= 0.3 is 0 Å². The maximum Gasteiger partial charge on any atom is 0.101 e. The lowest BCUT2D eigenvalue weighted by Crippen LogP contribution is -2.01. The third kappa shape index (κ3) is 3.05. The van der Waals surface area contributed by atoms with E-state index >= 15 is 0 Å². The Kier molecular flexibility index (Phi) is 3.77. The molecule has 1 heterocycles. The van der Waals surface area contributed by atoms with Gasteiger partial charge in [0, 0.05) is 9.85 Å². The van der Waals surface area contributed by atoms with Crippen LogP contribution in [0, 0.1) is 18.3 Å². The summed E-state index contributed by atoms with van der Waals surface area (Å²) in [5, 5.41) is 15.3. The number of halogens is 1. The first-order chi connectivity index (χ1) is 8.19. The maximum absolute atomic E-state index is 9.02. The lowest BCUT2D eigenvalue weighted by Gasteiger charge is -2.06. The highest BCUT2D eigenvalue weighted by Crippen LogP contribution is 2.21. The maximum atomic E-state index is 9.02. The van der Waals surface area contributed by atoms with Crippen molar-refractivity contribution in [3.05, 3.63) is 44.3 Å². The summed E-state index contributed by atoms with van der Waals surface area (Å²) in [6.07, 6.45) is 0. The van der Waals surface area contributed by atoms with E-state index < -0.39 is 0 Å². The number of hydrogen-bond donors (Lipinski definition) is 1. The lowest BCUT2D eigenvalue weighted by molar-refractivity contribution is 1.05. The van der Waals surface area contributed by atoms with Gasteiger partial charge in [-0.15, -0.1) is 11.3 Å². The van der Waals surface area contributed by atoms with Gasteiger partial charge in [-0.05, 0) is 25.1 Å². The van der Waals surface area contributed by atoms with Gasteiger partial charge in [-0.2, -0.15) is 5.26 Å².